The van der Waals surface area contributed by atoms with Gasteiger partial charge in [0.1, 0.15) is 0 Å². The molecule has 0 aliphatic heterocycles. The van der Waals surface area contributed by atoms with Crippen molar-refractivity contribution >= 4 is 15.9 Å². The van der Waals surface area contributed by atoms with Crippen molar-refractivity contribution in [3.8, 4) is 17.2 Å². The van der Waals surface area contributed by atoms with Gasteiger partial charge in [-0.15, -0.1) is 0 Å². The maximum Gasteiger partial charge on any atom is 0.0991 e. The normalized spacial score (nSPS) is 10.0. The Balaban J connectivity index is 2.66. The molecule has 0 heterocycles. The number of halogens is 1. The van der Waals surface area contributed by atoms with E-state index in [0.29, 0.717) is 5.56 Å². The standard InChI is InChI=1S/C15H12BrN/c1-10-4-3-5-14(16)15(10)13-7-6-12(9-17)8-11(13)2/h3-8H,1-2H3. The van der Waals surface area contributed by atoms with Crippen LogP contribution >= 0.6 is 15.9 Å². The van der Waals surface area contributed by atoms with Crippen LogP contribution in [0.3, 0.4) is 0 Å². The van der Waals surface area contributed by atoms with Crippen LogP contribution in [0.4, 0.5) is 0 Å². The molecule has 0 N–H and O–H groups in total. The average Bonchev–Trinajstić information content (AvgIpc) is 2.30. The van der Waals surface area contributed by atoms with Gasteiger partial charge in [0.2, 0.25) is 0 Å². The zero-order chi connectivity index (χ0) is 12.4. The number of nitriles is 1. The quantitative estimate of drug-likeness (QED) is 0.751. The first-order valence-electron chi connectivity index (χ1n) is 5.39. The van der Waals surface area contributed by atoms with Gasteiger partial charge in [-0.05, 0) is 54.3 Å². The zero-order valence-corrected chi connectivity index (χ0v) is 11.4. The molecule has 84 valence electrons. The number of nitrogens with zero attached hydrogens (tertiary/aromatic N) is 1. The minimum atomic E-state index is 0.705. The highest BCUT2D eigenvalue weighted by molar-refractivity contribution is 9.10. The van der Waals surface area contributed by atoms with Gasteiger partial charge in [-0.2, -0.15) is 5.26 Å². The third-order valence-electron chi connectivity index (χ3n) is 2.85. The number of benzene rings is 2. The second-order valence-electron chi connectivity index (χ2n) is 4.07. The summed E-state index contributed by atoms with van der Waals surface area (Å²) in [5.41, 5.74) is 5.44. The van der Waals surface area contributed by atoms with Crippen LogP contribution < -0.4 is 0 Å². The van der Waals surface area contributed by atoms with Gasteiger partial charge in [0.05, 0.1) is 11.6 Å². The Kier molecular flexibility index (Phi) is 3.31. The van der Waals surface area contributed by atoms with Crippen LogP contribution in [0.15, 0.2) is 40.9 Å². The van der Waals surface area contributed by atoms with Crippen LogP contribution in [0.5, 0.6) is 0 Å². The molecular formula is C15H12BrN. The van der Waals surface area contributed by atoms with Gasteiger partial charge in [-0.1, -0.05) is 34.1 Å². The zero-order valence-electron chi connectivity index (χ0n) is 9.79. The SMILES string of the molecule is Cc1cc(C#N)ccc1-c1c(C)cccc1Br. The molecule has 17 heavy (non-hydrogen) atoms. The minimum absolute atomic E-state index is 0.705. The Labute approximate surface area is 110 Å². The maximum absolute atomic E-state index is 8.87. The lowest BCUT2D eigenvalue weighted by Gasteiger charge is -2.11. The minimum Gasteiger partial charge on any atom is -0.192 e. The number of hydrogen-bond acceptors (Lipinski definition) is 1. The molecule has 2 rings (SSSR count). The molecular weight excluding hydrogens is 274 g/mol. The Morgan fingerprint density at radius 2 is 1.82 bits per heavy atom. The number of rotatable bonds is 1. The summed E-state index contributed by atoms with van der Waals surface area (Å²) in [5.74, 6) is 0. The fourth-order valence-electron chi connectivity index (χ4n) is 1.99. The highest BCUT2D eigenvalue weighted by Gasteiger charge is 2.09. The number of hydrogen-bond donors (Lipinski definition) is 0. The van der Waals surface area contributed by atoms with Crippen LogP contribution in [0.25, 0.3) is 11.1 Å². The summed E-state index contributed by atoms with van der Waals surface area (Å²) in [4.78, 5) is 0. The topological polar surface area (TPSA) is 23.8 Å². The fourth-order valence-corrected chi connectivity index (χ4v) is 2.67. The molecule has 0 bridgehead atoms. The van der Waals surface area contributed by atoms with E-state index < -0.39 is 0 Å². The van der Waals surface area contributed by atoms with Crippen LogP contribution in [0.2, 0.25) is 0 Å². The monoisotopic (exact) mass is 285 g/mol. The van der Waals surface area contributed by atoms with Gasteiger partial charge in [0, 0.05) is 4.47 Å². The summed E-state index contributed by atoms with van der Waals surface area (Å²) in [7, 11) is 0. The van der Waals surface area contributed by atoms with E-state index in [0.717, 1.165) is 10.0 Å². The van der Waals surface area contributed by atoms with Gasteiger partial charge < -0.3 is 0 Å². The molecule has 0 spiro atoms. The molecule has 0 saturated heterocycles. The van der Waals surface area contributed by atoms with E-state index in [-0.39, 0.29) is 0 Å². The van der Waals surface area contributed by atoms with Crippen LogP contribution in [0, 0.1) is 25.2 Å². The van der Waals surface area contributed by atoms with E-state index in [1.54, 1.807) is 0 Å². The van der Waals surface area contributed by atoms with Crippen molar-refractivity contribution in [2.45, 2.75) is 13.8 Å². The average molecular weight is 286 g/mol. The van der Waals surface area contributed by atoms with Crippen molar-refractivity contribution < 1.29 is 0 Å². The molecule has 0 fully saturated rings. The van der Waals surface area contributed by atoms with Gasteiger partial charge in [0.15, 0.2) is 0 Å². The van der Waals surface area contributed by atoms with E-state index in [4.69, 9.17) is 5.26 Å². The van der Waals surface area contributed by atoms with Gasteiger partial charge in [0.25, 0.3) is 0 Å². The summed E-state index contributed by atoms with van der Waals surface area (Å²) >= 11 is 3.59. The molecule has 0 radical (unpaired) electrons. The van der Waals surface area contributed by atoms with Crippen molar-refractivity contribution in [3.05, 3.63) is 57.6 Å². The van der Waals surface area contributed by atoms with E-state index in [2.05, 4.69) is 35.0 Å². The van der Waals surface area contributed by atoms with E-state index in [1.165, 1.54) is 16.7 Å². The second-order valence-corrected chi connectivity index (χ2v) is 4.93. The molecule has 2 aromatic carbocycles. The first kappa shape index (κ1) is 11.9. The summed E-state index contributed by atoms with van der Waals surface area (Å²) in [6.45, 7) is 4.13. The molecule has 0 saturated carbocycles. The lowest BCUT2D eigenvalue weighted by atomic mass is 9.95. The third kappa shape index (κ3) is 2.25. The Morgan fingerprint density at radius 3 is 2.41 bits per heavy atom. The molecule has 1 nitrogen and oxygen atoms in total. The second kappa shape index (κ2) is 4.73. The van der Waals surface area contributed by atoms with Gasteiger partial charge in [-0.3, -0.25) is 0 Å². The highest BCUT2D eigenvalue weighted by Crippen LogP contribution is 2.33. The maximum atomic E-state index is 8.87. The van der Waals surface area contributed by atoms with Crippen molar-refractivity contribution in [2.24, 2.45) is 0 Å². The van der Waals surface area contributed by atoms with Crippen LogP contribution in [0.1, 0.15) is 16.7 Å². The predicted octanol–water partition coefficient (Wildman–Crippen LogP) is 4.60. The van der Waals surface area contributed by atoms with Gasteiger partial charge in [-0.25, -0.2) is 0 Å². The lowest BCUT2D eigenvalue weighted by molar-refractivity contribution is 1.38. The highest BCUT2D eigenvalue weighted by atomic mass is 79.9. The molecule has 2 heteroatoms. The predicted molar refractivity (Wildman–Crippen MR) is 73.8 cm³/mol. The van der Waals surface area contributed by atoms with E-state index >= 15 is 0 Å². The van der Waals surface area contributed by atoms with Crippen LogP contribution in [-0.4, -0.2) is 0 Å². The van der Waals surface area contributed by atoms with Crippen molar-refractivity contribution in [3.63, 3.8) is 0 Å². The van der Waals surface area contributed by atoms with Crippen molar-refractivity contribution in [2.75, 3.05) is 0 Å². The molecule has 0 aliphatic carbocycles. The molecule has 0 unspecified atom stereocenters. The summed E-state index contributed by atoms with van der Waals surface area (Å²) in [6.07, 6.45) is 0. The molecule has 0 aromatic heterocycles. The Hall–Kier alpha value is -1.59. The molecule has 0 amide bonds. The smallest absolute Gasteiger partial charge is 0.0991 e. The first-order chi connectivity index (χ1) is 8.13. The summed E-state index contributed by atoms with van der Waals surface area (Å²) in [6, 6.07) is 14.1. The lowest BCUT2D eigenvalue weighted by Crippen LogP contribution is -1.89. The third-order valence-corrected chi connectivity index (χ3v) is 3.51. The Morgan fingerprint density at radius 1 is 1.06 bits per heavy atom. The Bertz CT molecular complexity index is 589. The fraction of sp³-hybridized carbons (Fsp3) is 0.133. The summed E-state index contributed by atoms with van der Waals surface area (Å²) < 4.78 is 1.09. The molecule has 0 aliphatic rings. The number of aryl methyl sites for hydroxylation is 2. The molecule has 0 atom stereocenters. The van der Waals surface area contributed by atoms with Gasteiger partial charge >= 0.3 is 0 Å². The van der Waals surface area contributed by atoms with Crippen LogP contribution in [-0.2, 0) is 0 Å². The van der Waals surface area contributed by atoms with Crippen molar-refractivity contribution in [1.29, 1.82) is 5.26 Å². The van der Waals surface area contributed by atoms with Crippen molar-refractivity contribution in [1.82, 2.24) is 0 Å². The largest absolute Gasteiger partial charge is 0.192 e. The summed E-state index contributed by atoms with van der Waals surface area (Å²) in [5, 5.41) is 8.87. The van der Waals surface area contributed by atoms with E-state index in [1.807, 2.05) is 37.3 Å². The van der Waals surface area contributed by atoms with E-state index in [9.17, 15) is 0 Å². The molecule has 2 aromatic rings. The first-order valence-corrected chi connectivity index (χ1v) is 6.19.